The number of carbonyl (C=O) groups is 1. The molecular formula is C12H12FN3O. The van der Waals surface area contributed by atoms with Crippen LogP contribution in [0.15, 0.2) is 43.0 Å². The first-order valence-corrected chi connectivity index (χ1v) is 5.26. The number of amides is 1. The van der Waals surface area contributed by atoms with Gasteiger partial charge in [0.2, 0.25) is 0 Å². The van der Waals surface area contributed by atoms with E-state index in [-0.39, 0.29) is 5.56 Å². The number of aromatic nitrogens is 2. The fourth-order valence-corrected chi connectivity index (χ4v) is 1.47. The molecule has 2 aromatic rings. The van der Waals surface area contributed by atoms with Gasteiger partial charge in [-0.1, -0.05) is 0 Å². The molecule has 0 aliphatic heterocycles. The first-order chi connectivity index (χ1) is 8.27. The fraction of sp³-hybridized carbons (Fsp3) is 0.167. The van der Waals surface area contributed by atoms with Gasteiger partial charge in [-0.05, 0) is 18.2 Å². The monoisotopic (exact) mass is 233 g/mol. The second-order valence-corrected chi connectivity index (χ2v) is 3.53. The Kier molecular flexibility index (Phi) is 3.49. The average molecular weight is 233 g/mol. The van der Waals surface area contributed by atoms with Crippen molar-refractivity contribution < 1.29 is 9.18 Å². The maximum Gasteiger partial charge on any atom is 0.254 e. The quantitative estimate of drug-likeness (QED) is 0.868. The summed E-state index contributed by atoms with van der Waals surface area (Å²) >= 11 is 0. The van der Waals surface area contributed by atoms with Crippen LogP contribution in [0, 0.1) is 5.82 Å². The third-order valence-electron chi connectivity index (χ3n) is 2.34. The molecule has 2 heterocycles. The van der Waals surface area contributed by atoms with E-state index in [1.165, 1.54) is 12.3 Å². The zero-order valence-corrected chi connectivity index (χ0v) is 9.14. The smallest absolute Gasteiger partial charge is 0.254 e. The molecule has 2 aromatic heterocycles. The summed E-state index contributed by atoms with van der Waals surface area (Å²) in [5, 5.41) is 2.65. The summed E-state index contributed by atoms with van der Waals surface area (Å²) in [5.74, 6) is -1.02. The number of carbonyl (C=O) groups excluding carboxylic acids is 1. The van der Waals surface area contributed by atoms with Crippen LogP contribution in [0.1, 0.15) is 10.4 Å². The van der Waals surface area contributed by atoms with Crippen molar-refractivity contribution in [2.45, 2.75) is 6.54 Å². The van der Waals surface area contributed by atoms with Gasteiger partial charge in [0, 0.05) is 31.7 Å². The third-order valence-corrected chi connectivity index (χ3v) is 2.34. The van der Waals surface area contributed by atoms with Crippen LogP contribution in [-0.4, -0.2) is 22.0 Å². The Hall–Kier alpha value is -2.17. The van der Waals surface area contributed by atoms with Crippen molar-refractivity contribution >= 4 is 5.91 Å². The minimum Gasteiger partial charge on any atom is -0.353 e. The number of nitrogens with one attached hydrogen (secondary N) is 1. The first-order valence-electron chi connectivity index (χ1n) is 5.26. The lowest BCUT2D eigenvalue weighted by Gasteiger charge is -2.06. The third kappa shape index (κ3) is 2.90. The van der Waals surface area contributed by atoms with E-state index in [4.69, 9.17) is 0 Å². The molecule has 0 bridgehead atoms. The molecule has 0 fully saturated rings. The molecule has 0 unspecified atom stereocenters. The van der Waals surface area contributed by atoms with Crippen molar-refractivity contribution in [2.75, 3.05) is 6.54 Å². The molecule has 1 N–H and O–H groups in total. The molecule has 88 valence electrons. The van der Waals surface area contributed by atoms with Gasteiger partial charge in [0.1, 0.15) is 0 Å². The summed E-state index contributed by atoms with van der Waals surface area (Å²) in [6, 6.07) is 5.18. The highest BCUT2D eigenvalue weighted by atomic mass is 19.1. The van der Waals surface area contributed by atoms with Crippen molar-refractivity contribution in [1.29, 1.82) is 0 Å². The number of hydrogen-bond donors (Lipinski definition) is 1. The molecule has 2 rings (SSSR count). The van der Waals surface area contributed by atoms with E-state index >= 15 is 0 Å². The van der Waals surface area contributed by atoms with Crippen LogP contribution >= 0.6 is 0 Å². The number of rotatable bonds is 4. The van der Waals surface area contributed by atoms with Crippen LogP contribution in [-0.2, 0) is 6.54 Å². The molecule has 1 amide bonds. The molecule has 0 aliphatic carbocycles. The predicted molar refractivity (Wildman–Crippen MR) is 61.0 cm³/mol. The summed E-state index contributed by atoms with van der Waals surface area (Å²) < 4.78 is 15.1. The summed E-state index contributed by atoms with van der Waals surface area (Å²) in [7, 11) is 0. The van der Waals surface area contributed by atoms with E-state index in [0.29, 0.717) is 13.1 Å². The minimum absolute atomic E-state index is 0.0208. The number of halogens is 1. The van der Waals surface area contributed by atoms with Gasteiger partial charge in [-0.15, -0.1) is 0 Å². The molecule has 0 radical (unpaired) electrons. The molecule has 0 atom stereocenters. The van der Waals surface area contributed by atoms with E-state index < -0.39 is 11.7 Å². The number of hydrogen-bond acceptors (Lipinski definition) is 2. The molecule has 0 saturated carbocycles. The molecule has 4 nitrogen and oxygen atoms in total. The molecule has 0 saturated heterocycles. The molecule has 0 spiro atoms. The van der Waals surface area contributed by atoms with Crippen molar-refractivity contribution in [2.24, 2.45) is 0 Å². The lowest BCUT2D eigenvalue weighted by atomic mass is 10.2. The van der Waals surface area contributed by atoms with Gasteiger partial charge in [-0.2, -0.15) is 0 Å². The number of pyridine rings is 1. The molecule has 0 aliphatic rings. The molecule has 17 heavy (non-hydrogen) atoms. The normalized spacial score (nSPS) is 10.2. The van der Waals surface area contributed by atoms with Crippen LogP contribution in [0.2, 0.25) is 0 Å². The Labute approximate surface area is 98.1 Å². The van der Waals surface area contributed by atoms with Crippen LogP contribution in [0.3, 0.4) is 0 Å². The molecule has 0 aromatic carbocycles. The van der Waals surface area contributed by atoms with Crippen molar-refractivity contribution in [3.8, 4) is 0 Å². The van der Waals surface area contributed by atoms with Crippen LogP contribution in [0.25, 0.3) is 0 Å². The Balaban J connectivity index is 1.88. The maximum absolute atomic E-state index is 13.2. The standard InChI is InChI=1S/C12H12FN3O/c13-11-9-14-4-3-10(11)12(17)15-5-8-16-6-1-2-7-16/h1-4,6-7,9H,5,8H2,(H,15,17). The van der Waals surface area contributed by atoms with Gasteiger partial charge >= 0.3 is 0 Å². The highest BCUT2D eigenvalue weighted by Gasteiger charge is 2.09. The van der Waals surface area contributed by atoms with Crippen LogP contribution in [0.5, 0.6) is 0 Å². The Morgan fingerprint density at radius 2 is 2.18 bits per heavy atom. The lowest BCUT2D eigenvalue weighted by Crippen LogP contribution is -2.27. The summed E-state index contributed by atoms with van der Waals surface area (Å²) in [6.07, 6.45) is 6.23. The van der Waals surface area contributed by atoms with Crippen molar-refractivity contribution in [3.63, 3.8) is 0 Å². The van der Waals surface area contributed by atoms with Gasteiger partial charge in [-0.25, -0.2) is 4.39 Å². The van der Waals surface area contributed by atoms with Gasteiger partial charge in [0.25, 0.3) is 5.91 Å². The second kappa shape index (κ2) is 5.25. The molecule has 5 heteroatoms. The SMILES string of the molecule is O=C(NCCn1cccc1)c1ccncc1F. The maximum atomic E-state index is 13.2. The second-order valence-electron chi connectivity index (χ2n) is 3.53. The van der Waals surface area contributed by atoms with Crippen molar-refractivity contribution in [1.82, 2.24) is 14.9 Å². The Morgan fingerprint density at radius 3 is 2.88 bits per heavy atom. The van der Waals surface area contributed by atoms with Gasteiger partial charge in [-0.3, -0.25) is 9.78 Å². The van der Waals surface area contributed by atoms with Gasteiger partial charge < -0.3 is 9.88 Å². The average Bonchev–Trinajstić information content (AvgIpc) is 2.82. The Morgan fingerprint density at radius 1 is 1.41 bits per heavy atom. The van der Waals surface area contributed by atoms with Crippen molar-refractivity contribution in [3.05, 3.63) is 54.4 Å². The highest BCUT2D eigenvalue weighted by molar-refractivity contribution is 5.94. The lowest BCUT2D eigenvalue weighted by molar-refractivity contribution is 0.0948. The minimum atomic E-state index is -0.606. The summed E-state index contributed by atoms with van der Waals surface area (Å²) in [5.41, 5.74) is 0.0208. The van der Waals surface area contributed by atoms with Crippen LogP contribution < -0.4 is 5.32 Å². The summed E-state index contributed by atoms with van der Waals surface area (Å²) in [4.78, 5) is 15.2. The topological polar surface area (TPSA) is 46.9 Å². The zero-order chi connectivity index (χ0) is 12.1. The van der Waals surface area contributed by atoms with E-state index in [1.807, 2.05) is 29.1 Å². The zero-order valence-electron chi connectivity index (χ0n) is 9.14. The van der Waals surface area contributed by atoms with E-state index in [2.05, 4.69) is 10.3 Å². The largest absolute Gasteiger partial charge is 0.353 e. The first kappa shape index (κ1) is 11.3. The predicted octanol–water partition coefficient (Wildman–Crippen LogP) is 1.45. The fourth-order valence-electron chi connectivity index (χ4n) is 1.47. The number of nitrogens with zero attached hydrogens (tertiary/aromatic N) is 2. The highest BCUT2D eigenvalue weighted by Crippen LogP contribution is 2.03. The van der Waals surface area contributed by atoms with E-state index in [9.17, 15) is 9.18 Å². The van der Waals surface area contributed by atoms with Gasteiger partial charge in [0.05, 0.1) is 11.8 Å². The molecular weight excluding hydrogens is 221 g/mol. The summed E-state index contributed by atoms with van der Waals surface area (Å²) in [6.45, 7) is 1.11. The van der Waals surface area contributed by atoms with Gasteiger partial charge in [0.15, 0.2) is 5.82 Å². The van der Waals surface area contributed by atoms with E-state index in [0.717, 1.165) is 6.20 Å². The van der Waals surface area contributed by atoms with E-state index in [1.54, 1.807) is 0 Å². The Bertz CT molecular complexity index is 496. The van der Waals surface area contributed by atoms with Crippen LogP contribution in [0.4, 0.5) is 4.39 Å².